The van der Waals surface area contributed by atoms with Crippen molar-refractivity contribution in [2.45, 2.75) is 13.0 Å². The summed E-state index contributed by atoms with van der Waals surface area (Å²) in [5, 5.41) is 1.99. The zero-order valence-electron chi connectivity index (χ0n) is 15.3. The van der Waals surface area contributed by atoms with Crippen molar-refractivity contribution in [1.82, 2.24) is 19.8 Å². The van der Waals surface area contributed by atoms with E-state index in [1.165, 1.54) is 0 Å². The van der Waals surface area contributed by atoms with Crippen LogP contribution < -0.4 is 11.1 Å². The second kappa shape index (κ2) is 8.32. The summed E-state index contributed by atoms with van der Waals surface area (Å²) in [6, 6.07) is 8.91. The molecule has 2 N–H and O–H groups in total. The number of carbonyl (C=O) groups excluding carboxylic acids is 1. The van der Waals surface area contributed by atoms with Gasteiger partial charge in [0.1, 0.15) is 0 Å². The fraction of sp³-hybridized carbons (Fsp3) is 0.316. The monoisotopic (exact) mass is 386 g/mol. The lowest BCUT2D eigenvalue weighted by atomic mass is 10.1. The molecular formula is C19H22N4O3S. The number of hydrogen-bond acceptors (Lipinski definition) is 5. The van der Waals surface area contributed by atoms with Crippen molar-refractivity contribution in [2.75, 3.05) is 27.2 Å². The lowest BCUT2D eigenvalue weighted by molar-refractivity contribution is 0.0739. The average Bonchev–Trinajstić information content (AvgIpc) is 3.14. The number of aromatic amines is 2. The highest BCUT2D eigenvalue weighted by Crippen LogP contribution is 2.17. The van der Waals surface area contributed by atoms with Crippen molar-refractivity contribution in [1.29, 1.82) is 0 Å². The summed E-state index contributed by atoms with van der Waals surface area (Å²) in [4.78, 5) is 46.2. The van der Waals surface area contributed by atoms with E-state index in [4.69, 9.17) is 0 Å². The predicted octanol–water partition coefficient (Wildman–Crippen LogP) is 1.87. The van der Waals surface area contributed by atoms with Gasteiger partial charge >= 0.3 is 11.1 Å². The third-order valence-electron chi connectivity index (χ3n) is 4.22. The molecule has 8 heteroatoms. The molecule has 0 bridgehead atoms. The highest BCUT2D eigenvalue weighted by atomic mass is 32.1. The van der Waals surface area contributed by atoms with Crippen molar-refractivity contribution < 1.29 is 4.79 Å². The van der Waals surface area contributed by atoms with Gasteiger partial charge in [-0.05, 0) is 56.7 Å². The molecule has 0 radical (unpaired) electrons. The molecule has 2 aromatic heterocycles. The fourth-order valence-electron chi connectivity index (χ4n) is 2.85. The number of H-pyrrole nitrogens is 2. The molecule has 1 aromatic carbocycles. The smallest absolute Gasteiger partial charge is 0.314 e. The molecule has 0 aliphatic rings. The first-order chi connectivity index (χ1) is 12.9. The molecule has 0 saturated carbocycles. The fourth-order valence-corrected chi connectivity index (χ4v) is 3.57. The van der Waals surface area contributed by atoms with Crippen LogP contribution in [-0.4, -0.2) is 52.9 Å². The molecule has 3 rings (SSSR count). The summed E-state index contributed by atoms with van der Waals surface area (Å²) in [6.07, 6.45) is 0.863. The zero-order valence-corrected chi connectivity index (χ0v) is 16.1. The molecule has 7 nitrogen and oxygen atoms in total. The number of carbonyl (C=O) groups is 1. The van der Waals surface area contributed by atoms with Gasteiger partial charge in [-0.2, -0.15) is 0 Å². The number of nitrogens with zero attached hydrogens (tertiary/aromatic N) is 2. The SMILES string of the molecule is CN(C)CCCN(Cc1cccs1)C(=O)c1ccc2[nH]c(=O)c(=O)[nH]c2c1. The van der Waals surface area contributed by atoms with Crippen molar-refractivity contribution in [3.8, 4) is 0 Å². The van der Waals surface area contributed by atoms with Crippen molar-refractivity contribution in [3.63, 3.8) is 0 Å². The molecule has 0 spiro atoms. The number of amides is 1. The van der Waals surface area contributed by atoms with Crippen molar-refractivity contribution in [2.24, 2.45) is 0 Å². The van der Waals surface area contributed by atoms with Gasteiger partial charge in [0.2, 0.25) is 0 Å². The topological polar surface area (TPSA) is 89.3 Å². The quantitative estimate of drug-likeness (QED) is 0.607. The molecule has 3 aromatic rings. The number of aromatic nitrogens is 2. The Morgan fingerprint density at radius 2 is 1.78 bits per heavy atom. The van der Waals surface area contributed by atoms with Crippen LogP contribution in [0.5, 0.6) is 0 Å². The van der Waals surface area contributed by atoms with Crippen molar-refractivity contribution in [3.05, 3.63) is 66.9 Å². The third-order valence-corrected chi connectivity index (χ3v) is 5.08. The van der Waals surface area contributed by atoms with E-state index >= 15 is 0 Å². The molecule has 0 aliphatic carbocycles. The molecule has 0 saturated heterocycles. The first kappa shape index (κ1) is 19.1. The molecule has 0 unspecified atom stereocenters. The standard InChI is InChI=1S/C19H22N4O3S/c1-22(2)8-4-9-23(12-14-5-3-10-27-14)19(26)13-6-7-15-16(11-13)21-18(25)17(24)20-15/h3,5-7,10-11H,4,8-9,12H2,1-2H3,(H,20,24)(H,21,25). The van der Waals surface area contributed by atoms with Gasteiger partial charge in [-0.25, -0.2) is 0 Å². The normalized spacial score (nSPS) is 11.2. The first-order valence-corrected chi connectivity index (χ1v) is 9.55. The lowest BCUT2D eigenvalue weighted by Gasteiger charge is -2.23. The van der Waals surface area contributed by atoms with E-state index in [9.17, 15) is 14.4 Å². The zero-order chi connectivity index (χ0) is 19.4. The van der Waals surface area contributed by atoms with Crippen LogP contribution >= 0.6 is 11.3 Å². The number of rotatable bonds is 7. The van der Waals surface area contributed by atoms with E-state index < -0.39 is 11.1 Å². The van der Waals surface area contributed by atoms with Gasteiger partial charge < -0.3 is 19.8 Å². The number of nitrogens with one attached hydrogen (secondary N) is 2. The molecule has 27 heavy (non-hydrogen) atoms. The minimum Gasteiger partial charge on any atom is -0.333 e. The maximum atomic E-state index is 13.1. The Morgan fingerprint density at radius 3 is 2.44 bits per heavy atom. The minimum absolute atomic E-state index is 0.101. The Labute approximate surface area is 160 Å². The molecule has 0 aliphatic heterocycles. The van der Waals surface area contributed by atoms with E-state index in [2.05, 4.69) is 14.9 Å². The highest BCUT2D eigenvalue weighted by Gasteiger charge is 2.17. The van der Waals surface area contributed by atoms with Crippen LogP contribution in [0.1, 0.15) is 21.7 Å². The number of fused-ring (bicyclic) bond motifs is 1. The molecule has 0 fully saturated rings. The maximum Gasteiger partial charge on any atom is 0.314 e. The van der Waals surface area contributed by atoms with Gasteiger partial charge in [0.15, 0.2) is 0 Å². The second-order valence-corrected chi connectivity index (χ2v) is 7.66. The van der Waals surface area contributed by atoms with E-state index in [0.29, 0.717) is 29.7 Å². The molecule has 0 atom stereocenters. The lowest BCUT2D eigenvalue weighted by Crippen LogP contribution is -2.33. The van der Waals surface area contributed by atoms with Crippen molar-refractivity contribution >= 4 is 28.3 Å². The predicted molar refractivity (Wildman–Crippen MR) is 107 cm³/mol. The second-order valence-electron chi connectivity index (χ2n) is 6.63. The summed E-state index contributed by atoms with van der Waals surface area (Å²) in [6.45, 7) is 2.07. The first-order valence-electron chi connectivity index (χ1n) is 8.67. The summed E-state index contributed by atoms with van der Waals surface area (Å²) in [5.41, 5.74) is -0.0203. The van der Waals surface area contributed by atoms with Gasteiger partial charge in [0.25, 0.3) is 5.91 Å². The largest absolute Gasteiger partial charge is 0.333 e. The van der Waals surface area contributed by atoms with Crippen LogP contribution in [0.15, 0.2) is 45.3 Å². The highest BCUT2D eigenvalue weighted by molar-refractivity contribution is 7.09. The number of thiophene rings is 1. The number of hydrogen-bond donors (Lipinski definition) is 2. The Morgan fingerprint density at radius 1 is 1.04 bits per heavy atom. The Balaban J connectivity index is 1.87. The van der Waals surface area contributed by atoms with Crippen LogP contribution in [0.25, 0.3) is 11.0 Å². The van der Waals surface area contributed by atoms with Gasteiger partial charge in [0, 0.05) is 17.0 Å². The Hall–Kier alpha value is -2.71. The minimum atomic E-state index is -0.728. The maximum absolute atomic E-state index is 13.1. The van der Waals surface area contributed by atoms with Crippen LogP contribution in [-0.2, 0) is 6.54 Å². The van der Waals surface area contributed by atoms with Crippen LogP contribution in [0, 0.1) is 0 Å². The van der Waals surface area contributed by atoms with E-state index in [-0.39, 0.29) is 5.91 Å². The van der Waals surface area contributed by atoms with Crippen LogP contribution in [0.3, 0.4) is 0 Å². The average molecular weight is 386 g/mol. The van der Waals surface area contributed by atoms with E-state index in [1.807, 2.05) is 36.5 Å². The summed E-state index contributed by atoms with van der Waals surface area (Å²) >= 11 is 1.62. The van der Waals surface area contributed by atoms with Gasteiger partial charge in [-0.1, -0.05) is 6.07 Å². The molecule has 142 valence electrons. The Kier molecular flexibility index (Phi) is 5.88. The summed E-state index contributed by atoms with van der Waals surface area (Å²) in [7, 11) is 4.01. The summed E-state index contributed by atoms with van der Waals surface area (Å²) < 4.78 is 0. The molecule has 1 amide bonds. The van der Waals surface area contributed by atoms with Crippen LogP contribution in [0.2, 0.25) is 0 Å². The molecule has 2 heterocycles. The van der Waals surface area contributed by atoms with Gasteiger partial charge in [0.05, 0.1) is 17.6 Å². The Bertz CT molecular complexity index is 1040. The van der Waals surface area contributed by atoms with E-state index in [0.717, 1.165) is 17.8 Å². The van der Waals surface area contributed by atoms with Crippen LogP contribution in [0.4, 0.5) is 0 Å². The number of benzene rings is 1. The summed E-state index contributed by atoms with van der Waals surface area (Å²) in [5.74, 6) is -0.101. The van der Waals surface area contributed by atoms with E-state index in [1.54, 1.807) is 29.5 Å². The van der Waals surface area contributed by atoms with Gasteiger partial charge in [-0.15, -0.1) is 11.3 Å². The third kappa shape index (κ3) is 4.72. The van der Waals surface area contributed by atoms with Gasteiger partial charge in [-0.3, -0.25) is 14.4 Å². The molecular weight excluding hydrogens is 364 g/mol.